The summed E-state index contributed by atoms with van der Waals surface area (Å²) in [4.78, 5) is 12.5. The van der Waals surface area contributed by atoms with Gasteiger partial charge in [0.2, 0.25) is 5.79 Å². The lowest BCUT2D eigenvalue weighted by molar-refractivity contribution is -0.231. The van der Waals surface area contributed by atoms with Crippen LogP contribution in [0.3, 0.4) is 0 Å². The van der Waals surface area contributed by atoms with Crippen LogP contribution >= 0.6 is 0 Å². The quantitative estimate of drug-likeness (QED) is 0.549. The molecule has 3 aliphatic carbocycles. The van der Waals surface area contributed by atoms with E-state index in [4.69, 9.17) is 4.74 Å². The zero-order chi connectivity index (χ0) is 15.9. The largest absolute Gasteiger partial charge is 0.425 e. The summed E-state index contributed by atoms with van der Waals surface area (Å²) in [5.74, 6) is -0.411. The van der Waals surface area contributed by atoms with Gasteiger partial charge in [-0.15, -0.1) is 0 Å². The van der Waals surface area contributed by atoms with Crippen LogP contribution in [0.5, 0.6) is 0 Å². The zero-order valence-electron chi connectivity index (χ0n) is 14.0. The van der Waals surface area contributed by atoms with Crippen LogP contribution < -0.4 is 0 Å². The Balaban J connectivity index is 1.95. The second-order valence-corrected chi connectivity index (χ2v) is 8.37. The lowest BCUT2D eigenvalue weighted by Gasteiger charge is -2.43. The van der Waals surface area contributed by atoms with Gasteiger partial charge in [0, 0.05) is 16.6 Å². The molecule has 3 heteroatoms. The molecule has 0 aromatic rings. The van der Waals surface area contributed by atoms with E-state index in [-0.39, 0.29) is 17.8 Å². The van der Waals surface area contributed by atoms with Crippen LogP contribution in [-0.2, 0) is 9.53 Å². The Bertz CT molecular complexity index is 616. The molecule has 3 nitrogen and oxygen atoms in total. The topological polar surface area (TPSA) is 46.5 Å². The minimum Gasteiger partial charge on any atom is -0.425 e. The number of fused-ring (bicyclic) bond motifs is 2. The molecule has 0 radical (unpaired) electrons. The Morgan fingerprint density at radius 2 is 2.05 bits per heavy atom. The minimum absolute atomic E-state index is 0.204. The molecule has 4 aliphatic rings. The summed E-state index contributed by atoms with van der Waals surface area (Å²) in [5.41, 5.74) is 2.62. The lowest BCUT2D eigenvalue weighted by atomic mass is 9.66. The highest BCUT2D eigenvalue weighted by Crippen LogP contribution is 2.63. The molecule has 6 unspecified atom stereocenters. The van der Waals surface area contributed by atoms with Crippen molar-refractivity contribution in [2.24, 2.45) is 29.1 Å². The first kappa shape index (κ1) is 14.5. The van der Waals surface area contributed by atoms with Crippen molar-refractivity contribution < 1.29 is 14.6 Å². The summed E-state index contributed by atoms with van der Waals surface area (Å²) >= 11 is 0. The van der Waals surface area contributed by atoms with E-state index in [1.807, 2.05) is 0 Å². The zero-order valence-corrected chi connectivity index (χ0v) is 14.0. The lowest BCUT2D eigenvalue weighted by Crippen LogP contribution is -2.51. The maximum atomic E-state index is 12.5. The molecule has 6 atom stereocenters. The molecule has 1 saturated carbocycles. The molecule has 120 valence electrons. The number of carbonyl (C=O) groups excluding carboxylic acids is 1. The average Bonchev–Trinajstić information content (AvgIpc) is 2.86. The first-order valence-electron chi connectivity index (χ1n) is 8.65. The molecule has 1 N–H and O–H groups in total. The number of allylic oxidation sites excluding steroid dienone is 2. The number of carbonyl (C=O) groups is 1. The van der Waals surface area contributed by atoms with E-state index in [0.29, 0.717) is 11.8 Å². The van der Waals surface area contributed by atoms with E-state index >= 15 is 0 Å². The van der Waals surface area contributed by atoms with Crippen molar-refractivity contribution >= 4 is 5.97 Å². The molecule has 0 amide bonds. The van der Waals surface area contributed by atoms with Gasteiger partial charge in [-0.05, 0) is 56.3 Å². The van der Waals surface area contributed by atoms with Gasteiger partial charge in [-0.2, -0.15) is 0 Å². The SMILES string of the molecule is CC1=CC2CC(C)C3CCC(C)C4=C3C(O)(OC4=O)C2(C)C1. The van der Waals surface area contributed by atoms with Crippen LogP contribution in [-0.4, -0.2) is 16.9 Å². The summed E-state index contributed by atoms with van der Waals surface area (Å²) in [6.45, 7) is 8.62. The Hall–Kier alpha value is -1.09. The third kappa shape index (κ3) is 1.53. The third-order valence-electron chi connectivity index (χ3n) is 6.93. The molecule has 1 fully saturated rings. The van der Waals surface area contributed by atoms with Gasteiger partial charge in [0.1, 0.15) is 0 Å². The fraction of sp³-hybridized carbons (Fsp3) is 0.737. The number of ether oxygens (including phenoxy) is 1. The first-order chi connectivity index (χ1) is 10.3. The highest BCUT2D eigenvalue weighted by Gasteiger charge is 2.66. The summed E-state index contributed by atoms with van der Waals surface area (Å²) in [7, 11) is 0. The maximum absolute atomic E-state index is 12.5. The van der Waals surface area contributed by atoms with Crippen molar-refractivity contribution in [3.05, 3.63) is 22.8 Å². The van der Waals surface area contributed by atoms with Crippen molar-refractivity contribution in [3.63, 3.8) is 0 Å². The Labute approximate surface area is 132 Å². The molecule has 22 heavy (non-hydrogen) atoms. The van der Waals surface area contributed by atoms with Crippen molar-refractivity contribution in [1.82, 2.24) is 0 Å². The highest BCUT2D eigenvalue weighted by atomic mass is 16.7. The fourth-order valence-electron chi connectivity index (χ4n) is 5.73. The maximum Gasteiger partial charge on any atom is 0.337 e. The number of hydrogen-bond donors (Lipinski definition) is 1. The van der Waals surface area contributed by atoms with Crippen molar-refractivity contribution in [2.75, 3.05) is 0 Å². The van der Waals surface area contributed by atoms with E-state index < -0.39 is 11.2 Å². The second-order valence-electron chi connectivity index (χ2n) is 8.37. The molecular weight excluding hydrogens is 276 g/mol. The summed E-state index contributed by atoms with van der Waals surface area (Å²) < 4.78 is 5.74. The molecule has 0 aromatic carbocycles. The molecule has 4 rings (SSSR count). The first-order valence-corrected chi connectivity index (χ1v) is 8.65. The summed E-state index contributed by atoms with van der Waals surface area (Å²) in [5, 5.41) is 11.6. The Kier molecular flexibility index (Phi) is 2.80. The van der Waals surface area contributed by atoms with Crippen molar-refractivity contribution in [3.8, 4) is 0 Å². The Morgan fingerprint density at radius 3 is 2.77 bits per heavy atom. The van der Waals surface area contributed by atoms with Crippen LogP contribution in [0, 0.1) is 29.1 Å². The second kappa shape index (κ2) is 4.25. The minimum atomic E-state index is -1.40. The van der Waals surface area contributed by atoms with Crippen LogP contribution in [0.25, 0.3) is 0 Å². The number of rotatable bonds is 0. The predicted octanol–water partition coefficient (Wildman–Crippen LogP) is 3.59. The molecule has 0 aromatic heterocycles. The number of hydrogen-bond acceptors (Lipinski definition) is 3. The van der Waals surface area contributed by atoms with Crippen LogP contribution in [0.2, 0.25) is 0 Å². The molecule has 1 aliphatic heterocycles. The standard InChI is InChI=1S/C19H26O3/c1-10-7-13-8-12(3)14-6-5-11(2)15-16(14)19(21,22-17(15)20)18(13,4)9-10/h7,11-14,21H,5-6,8-9H2,1-4H3. The van der Waals surface area contributed by atoms with Gasteiger partial charge < -0.3 is 9.84 Å². The highest BCUT2D eigenvalue weighted by molar-refractivity contribution is 5.94. The third-order valence-corrected chi connectivity index (χ3v) is 6.93. The van der Waals surface area contributed by atoms with Crippen LogP contribution in [0.1, 0.15) is 53.4 Å². The molecular formula is C19H26O3. The van der Waals surface area contributed by atoms with Crippen molar-refractivity contribution in [1.29, 1.82) is 0 Å². The van der Waals surface area contributed by atoms with Crippen molar-refractivity contribution in [2.45, 2.75) is 59.2 Å². The van der Waals surface area contributed by atoms with Gasteiger partial charge >= 0.3 is 5.97 Å². The van der Waals surface area contributed by atoms with E-state index in [9.17, 15) is 9.90 Å². The summed E-state index contributed by atoms with van der Waals surface area (Å²) in [6, 6.07) is 0. The van der Waals surface area contributed by atoms with Gasteiger partial charge in [0.05, 0.1) is 0 Å². The van der Waals surface area contributed by atoms with E-state index in [1.54, 1.807) is 0 Å². The number of esters is 1. The van der Waals surface area contributed by atoms with E-state index in [2.05, 4.69) is 33.8 Å². The predicted molar refractivity (Wildman–Crippen MR) is 83.7 cm³/mol. The van der Waals surface area contributed by atoms with Gasteiger partial charge in [-0.25, -0.2) is 4.79 Å². The van der Waals surface area contributed by atoms with Gasteiger partial charge in [-0.1, -0.05) is 32.4 Å². The van der Waals surface area contributed by atoms with E-state index in [0.717, 1.165) is 36.8 Å². The van der Waals surface area contributed by atoms with Crippen LogP contribution in [0.4, 0.5) is 0 Å². The van der Waals surface area contributed by atoms with Gasteiger partial charge in [0.25, 0.3) is 0 Å². The smallest absolute Gasteiger partial charge is 0.337 e. The molecule has 0 saturated heterocycles. The monoisotopic (exact) mass is 302 g/mol. The normalized spacial score (nSPS) is 50.2. The van der Waals surface area contributed by atoms with E-state index in [1.165, 1.54) is 5.57 Å². The number of aliphatic hydroxyl groups is 1. The molecule has 0 bridgehead atoms. The van der Waals surface area contributed by atoms with Gasteiger partial charge in [-0.3, -0.25) is 0 Å². The summed E-state index contributed by atoms with van der Waals surface area (Å²) in [6.07, 6.45) is 6.28. The van der Waals surface area contributed by atoms with Crippen LogP contribution in [0.15, 0.2) is 22.8 Å². The average molecular weight is 302 g/mol. The molecule has 1 heterocycles. The Morgan fingerprint density at radius 1 is 1.32 bits per heavy atom. The van der Waals surface area contributed by atoms with Gasteiger partial charge in [0.15, 0.2) is 0 Å². The molecule has 0 spiro atoms. The fourth-order valence-corrected chi connectivity index (χ4v) is 5.73.